The number of para-hydroxylation sites is 1. The summed E-state index contributed by atoms with van der Waals surface area (Å²) in [5, 5.41) is 5.51. The maximum atomic E-state index is 12.8. The summed E-state index contributed by atoms with van der Waals surface area (Å²) in [6.07, 6.45) is 3.88. The minimum absolute atomic E-state index is 0.0425. The Bertz CT molecular complexity index is 1790. The first-order valence-corrected chi connectivity index (χ1v) is 14.2. The number of aryl methyl sites for hydroxylation is 1. The van der Waals surface area contributed by atoms with Gasteiger partial charge in [-0.15, -0.1) is 11.3 Å². The van der Waals surface area contributed by atoms with E-state index in [1.165, 1.54) is 23.9 Å². The van der Waals surface area contributed by atoms with Crippen molar-refractivity contribution in [2.24, 2.45) is 0 Å². The summed E-state index contributed by atoms with van der Waals surface area (Å²) in [6.45, 7) is 1.67. The number of carbonyl (C=O) groups excluding carboxylic acids is 2. The molecule has 0 aliphatic rings. The SMILES string of the molecule is Cc1cc(-c2cccc(-c3csc(CC(=O)CNC(=O)c4cn(S(C)(=O)=O)c5ccccc45)n3)n2)ncn1. The molecule has 0 aliphatic heterocycles. The molecule has 10 nitrogen and oxygen atoms in total. The maximum absolute atomic E-state index is 12.8. The maximum Gasteiger partial charge on any atom is 0.253 e. The van der Waals surface area contributed by atoms with Crippen molar-refractivity contribution in [1.29, 1.82) is 0 Å². The Kier molecular flexibility index (Phi) is 6.83. The first kappa shape index (κ1) is 25.4. The summed E-state index contributed by atoms with van der Waals surface area (Å²) in [4.78, 5) is 43.0. The van der Waals surface area contributed by atoms with E-state index in [0.29, 0.717) is 38.7 Å². The zero-order chi connectivity index (χ0) is 26.9. The van der Waals surface area contributed by atoms with Crippen LogP contribution in [0.4, 0.5) is 0 Å². The number of rotatable bonds is 8. The van der Waals surface area contributed by atoms with E-state index in [-0.39, 0.29) is 24.3 Å². The molecule has 5 aromatic rings. The molecule has 0 bridgehead atoms. The second-order valence-electron chi connectivity index (χ2n) is 8.60. The molecule has 1 aromatic carbocycles. The fourth-order valence-corrected chi connectivity index (χ4v) is 5.56. The Morgan fingerprint density at radius 1 is 0.974 bits per heavy atom. The Morgan fingerprint density at radius 2 is 1.74 bits per heavy atom. The molecule has 0 saturated carbocycles. The molecule has 38 heavy (non-hydrogen) atoms. The Morgan fingerprint density at radius 3 is 2.50 bits per heavy atom. The van der Waals surface area contributed by atoms with E-state index < -0.39 is 15.9 Å². The fourth-order valence-electron chi connectivity index (χ4n) is 3.93. The quantitative estimate of drug-likeness (QED) is 0.313. The number of aromatic nitrogens is 5. The minimum atomic E-state index is -3.60. The van der Waals surface area contributed by atoms with Crippen LogP contribution in [-0.2, 0) is 21.2 Å². The molecule has 4 heterocycles. The first-order valence-electron chi connectivity index (χ1n) is 11.5. The fraction of sp³-hybridized carbons (Fsp3) is 0.154. The number of amides is 1. The van der Waals surface area contributed by atoms with Crippen LogP contribution in [0.5, 0.6) is 0 Å². The monoisotopic (exact) mass is 546 g/mol. The van der Waals surface area contributed by atoms with Gasteiger partial charge in [-0.1, -0.05) is 24.3 Å². The average molecular weight is 547 g/mol. The molecule has 0 unspecified atom stereocenters. The van der Waals surface area contributed by atoms with Crippen LogP contribution in [-0.4, -0.2) is 56.8 Å². The second kappa shape index (κ2) is 10.2. The molecule has 0 saturated heterocycles. The normalized spacial score (nSPS) is 11.5. The smallest absolute Gasteiger partial charge is 0.253 e. The van der Waals surface area contributed by atoms with Gasteiger partial charge in [-0.25, -0.2) is 32.3 Å². The van der Waals surface area contributed by atoms with Crippen LogP contribution < -0.4 is 5.32 Å². The molecule has 0 spiro atoms. The molecular weight excluding hydrogens is 524 g/mol. The zero-order valence-corrected chi connectivity index (χ0v) is 22.1. The lowest BCUT2D eigenvalue weighted by Crippen LogP contribution is -2.30. The average Bonchev–Trinajstić information content (AvgIpc) is 3.52. The standard InChI is InChI=1S/C26H22N6O4S2/c1-16-10-22(29-15-28-16)20-7-5-8-21(30-20)23-14-37-25(31-23)11-17(33)12-27-26(34)19-13-32(38(2,35)36)24-9-4-3-6-18(19)24/h3-10,13-15H,11-12H2,1-2H3,(H,27,34). The number of hydrogen-bond acceptors (Lipinski definition) is 9. The van der Waals surface area contributed by atoms with Crippen LogP contribution in [0, 0.1) is 6.92 Å². The molecule has 192 valence electrons. The predicted octanol–water partition coefficient (Wildman–Crippen LogP) is 3.27. The number of thiazole rings is 1. The van der Waals surface area contributed by atoms with Crippen molar-refractivity contribution in [2.45, 2.75) is 13.3 Å². The van der Waals surface area contributed by atoms with Gasteiger partial charge in [0, 0.05) is 22.7 Å². The number of hydrogen-bond donors (Lipinski definition) is 1. The number of pyridine rings is 1. The van der Waals surface area contributed by atoms with Crippen LogP contribution in [0.3, 0.4) is 0 Å². The van der Waals surface area contributed by atoms with E-state index in [9.17, 15) is 18.0 Å². The van der Waals surface area contributed by atoms with Gasteiger partial charge in [-0.05, 0) is 31.2 Å². The number of nitrogens with one attached hydrogen (secondary N) is 1. The van der Waals surface area contributed by atoms with Gasteiger partial charge in [0.2, 0.25) is 10.0 Å². The lowest BCUT2D eigenvalue weighted by atomic mass is 10.1. The van der Waals surface area contributed by atoms with Crippen LogP contribution >= 0.6 is 11.3 Å². The molecule has 0 aliphatic carbocycles. The number of benzene rings is 1. The van der Waals surface area contributed by atoms with Gasteiger partial charge in [0.15, 0.2) is 5.78 Å². The highest BCUT2D eigenvalue weighted by Crippen LogP contribution is 2.24. The van der Waals surface area contributed by atoms with Gasteiger partial charge < -0.3 is 5.32 Å². The summed E-state index contributed by atoms with van der Waals surface area (Å²) in [6, 6.07) is 14.1. The van der Waals surface area contributed by atoms with Crippen molar-refractivity contribution in [3.63, 3.8) is 0 Å². The van der Waals surface area contributed by atoms with Crippen LogP contribution in [0.1, 0.15) is 21.1 Å². The molecule has 0 fully saturated rings. The van der Waals surface area contributed by atoms with E-state index in [1.807, 2.05) is 36.6 Å². The molecule has 5 rings (SSSR count). The van der Waals surface area contributed by atoms with Crippen LogP contribution in [0.15, 0.2) is 66.4 Å². The summed E-state index contributed by atoms with van der Waals surface area (Å²) in [5.74, 6) is -0.762. The van der Waals surface area contributed by atoms with Gasteiger partial charge in [0.05, 0.1) is 53.1 Å². The van der Waals surface area contributed by atoms with Gasteiger partial charge in [0.1, 0.15) is 11.3 Å². The van der Waals surface area contributed by atoms with Gasteiger partial charge >= 0.3 is 0 Å². The molecular formula is C26H22N6O4S2. The lowest BCUT2D eigenvalue weighted by molar-refractivity contribution is -0.117. The van der Waals surface area contributed by atoms with E-state index in [1.54, 1.807) is 24.3 Å². The number of carbonyl (C=O) groups is 2. The molecule has 0 radical (unpaired) electrons. The van der Waals surface area contributed by atoms with Gasteiger partial charge in [-0.3, -0.25) is 9.59 Å². The van der Waals surface area contributed by atoms with Gasteiger partial charge in [0.25, 0.3) is 5.91 Å². The van der Waals surface area contributed by atoms with E-state index in [4.69, 9.17) is 0 Å². The van der Waals surface area contributed by atoms with E-state index in [0.717, 1.165) is 15.9 Å². The number of fused-ring (bicyclic) bond motifs is 1. The van der Waals surface area contributed by atoms with Gasteiger partial charge in [-0.2, -0.15) is 0 Å². The largest absolute Gasteiger partial charge is 0.345 e. The molecule has 12 heteroatoms. The summed E-state index contributed by atoms with van der Waals surface area (Å²) < 4.78 is 25.3. The molecule has 0 atom stereocenters. The molecule has 1 N–H and O–H groups in total. The van der Waals surface area contributed by atoms with Crippen molar-refractivity contribution >= 4 is 44.0 Å². The van der Waals surface area contributed by atoms with Crippen molar-refractivity contribution < 1.29 is 18.0 Å². The summed E-state index contributed by atoms with van der Waals surface area (Å²) >= 11 is 1.34. The van der Waals surface area contributed by atoms with Crippen molar-refractivity contribution in [1.82, 2.24) is 29.2 Å². The lowest BCUT2D eigenvalue weighted by Gasteiger charge is -2.03. The van der Waals surface area contributed by atoms with Crippen molar-refractivity contribution in [3.05, 3.63) is 82.7 Å². The van der Waals surface area contributed by atoms with Crippen LogP contribution in [0.2, 0.25) is 0 Å². The Hall–Kier alpha value is -4.29. The minimum Gasteiger partial charge on any atom is -0.345 e. The summed E-state index contributed by atoms with van der Waals surface area (Å²) in [5.41, 5.74) is 4.12. The highest BCUT2D eigenvalue weighted by molar-refractivity contribution is 7.89. The van der Waals surface area contributed by atoms with Crippen molar-refractivity contribution in [3.8, 4) is 22.8 Å². The molecule has 1 amide bonds. The number of ketones is 1. The predicted molar refractivity (Wildman–Crippen MR) is 144 cm³/mol. The third-order valence-corrected chi connectivity index (χ3v) is 7.57. The highest BCUT2D eigenvalue weighted by Gasteiger charge is 2.20. The third-order valence-electron chi connectivity index (χ3n) is 5.70. The van der Waals surface area contributed by atoms with E-state index >= 15 is 0 Å². The third kappa shape index (κ3) is 5.36. The highest BCUT2D eigenvalue weighted by atomic mass is 32.2. The Labute approximate surface area is 222 Å². The van der Waals surface area contributed by atoms with E-state index in [2.05, 4.69) is 25.3 Å². The number of nitrogens with zero attached hydrogens (tertiary/aromatic N) is 5. The first-order chi connectivity index (χ1) is 18.2. The topological polar surface area (TPSA) is 137 Å². The Balaban J connectivity index is 1.25. The van der Waals surface area contributed by atoms with Crippen molar-refractivity contribution in [2.75, 3.05) is 12.8 Å². The molecule has 4 aromatic heterocycles. The zero-order valence-electron chi connectivity index (χ0n) is 20.5. The second-order valence-corrected chi connectivity index (χ2v) is 11.4. The summed E-state index contributed by atoms with van der Waals surface area (Å²) in [7, 11) is -3.60. The van der Waals surface area contributed by atoms with Crippen LogP contribution in [0.25, 0.3) is 33.7 Å². The number of Topliss-reactive ketones (excluding diaryl/α,β-unsaturated/α-hetero) is 1.